The Labute approximate surface area is 156 Å². The molecule has 2 aromatic carbocycles. The largest absolute Gasteiger partial charge is 0.508 e. The molecule has 1 aliphatic heterocycles. The molecule has 1 atom stereocenters. The molecule has 0 amide bonds. The molecule has 0 saturated carbocycles. The van der Waals surface area contributed by atoms with Crippen molar-refractivity contribution in [3.05, 3.63) is 52.0 Å². The van der Waals surface area contributed by atoms with Crippen LogP contribution in [0.1, 0.15) is 22.6 Å². The van der Waals surface area contributed by atoms with Crippen molar-refractivity contribution in [2.24, 2.45) is 0 Å². The number of phenols is 3. The number of hydrogen-bond acceptors (Lipinski definition) is 6. The number of benzene rings is 2. The molecule has 0 aliphatic carbocycles. The van der Waals surface area contributed by atoms with Gasteiger partial charge in [-0.05, 0) is 47.9 Å². The van der Waals surface area contributed by atoms with Crippen LogP contribution < -0.4 is 5.32 Å². The Kier molecular flexibility index (Phi) is 6.35. The summed E-state index contributed by atoms with van der Waals surface area (Å²) in [6.07, 6.45) is 1.41. The van der Waals surface area contributed by atoms with Crippen molar-refractivity contribution in [2.75, 3.05) is 19.3 Å². The highest BCUT2D eigenvalue weighted by atomic mass is 35.5. The number of hydrogen-bond donors (Lipinski definition) is 5. The van der Waals surface area contributed by atoms with Gasteiger partial charge in [0.05, 0.1) is 11.3 Å². The zero-order valence-corrected chi connectivity index (χ0v) is 15.5. The Balaban J connectivity index is 0.000000431. The first-order valence-corrected chi connectivity index (χ1v) is 9.96. The molecule has 0 aromatic heterocycles. The minimum absolute atomic E-state index is 0.00657. The molecule has 1 heterocycles. The summed E-state index contributed by atoms with van der Waals surface area (Å²) in [5.74, 6) is -0.245. The molecule has 3 rings (SSSR count). The standard InChI is InChI=1S/C16H16ClNO3.CH4O3S/c17-15-11-5-6-18-8-13(9-1-3-10(19)4-2-9)12(11)7-14(20)16(15)21;1-5(2,3)4/h1-4,7,13,18-21H,5-6,8H2;1H3,(H,2,3,4)/t13-;/m1./s1. The molecule has 142 valence electrons. The van der Waals surface area contributed by atoms with Gasteiger partial charge < -0.3 is 20.6 Å². The van der Waals surface area contributed by atoms with E-state index in [-0.39, 0.29) is 28.2 Å². The van der Waals surface area contributed by atoms with E-state index in [1.54, 1.807) is 18.2 Å². The van der Waals surface area contributed by atoms with E-state index >= 15 is 0 Å². The van der Waals surface area contributed by atoms with Crippen LogP contribution in [-0.4, -0.2) is 47.6 Å². The first-order chi connectivity index (χ1) is 12.1. The van der Waals surface area contributed by atoms with Crippen LogP contribution in [0.25, 0.3) is 0 Å². The van der Waals surface area contributed by atoms with E-state index in [1.807, 2.05) is 12.1 Å². The highest BCUT2D eigenvalue weighted by Crippen LogP contribution is 2.42. The Morgan fingerprint density at radius 3 is 2.31 bits per heavy atom. The van der Waals surface area contributed by atoms with Gasteiger partial charge in [0.25, 0.3) is 10.1 Å². The van der Waals surface area contributed by atoms with Crippen molar-refractivity contribution >= 4 is 21.7 Å². The van der Waals surface area contributed by atoms with Crippen LogP contribution in [0.15, 0.2) is 30.3 Å². The second-order valence-electron chi connectivity index (χ2n) is 5.96. The van der Waals surface area contributed by atoms with E-state index in [1.165, 1.54) is 0 Å². The van der Waals surface area contributed by atoms with Gasteiger partial charge in [0, 0.05) is 12.5 Å². The van der Waals surface area contributed by atoms with E-state index in [4.69, 9.17) is 16.2 Å². The van der Waals surface area contributed by atoms with Crippen molar-refractivity contribution in [3.8, 4) is 17.2 Å². The Morgan fingerprint density at radius 1 is 1.15 bits per heavy atom. The number of phenolic OH excluding ortho intramolecular Hbond substituents is 3. The minimum atomic E-state index is -3.67. The lowest BCUT2D eigenvalue weighted by atomic mass is 9.87. The van der Waals surface area contributed by atoms with Crippen molar-refractivity contribution in [1.29, 1.82) is 0 Å². The van der Waals surface area contributed by atoms with Gasteiger partial charge in [0.1, 0.15) is 5.75 Å². The van der Waals surface area contributed by atoms with Crippen LogP contribution in [0, 0.1) is 0 Å². The van der Waals surface area contributed by atoms with Gasteiger partial charge in [-0.15, -0.1) is 0 Å². The van der Waals surface area contributed by atoms with Crippen LogP contribution in [0.4, 0.5) is 0 Å². The zero-order chi connectivity index (χ0) is 19.5. The summed E-state index contributed by atoms with van der Waals surface area (Å²) in [5, 5.41) is 32.7. The molecule has 1 aliphatic rings. The molecular formula is C17H20ClNO6S. The Morgan fingerprint density at radius 2 is 1.73 bits per heavy atom. The fraction of sp³-hybridized carbons (Fsp3) is 0.294. The summed E-state index contributed by atoms with van der Waals surface area (Å²) < 4.78 is 25.9. The maximum absolute atomic E-state index is 9.86. The highest BCUT2D eigenvalue weighted by molar-refractivity contribution is 7.85. The molecule has 0 spiro atoms. The first-order valence-electron chi connectivity index (χ1n) is 7.73. The number of nitrogens with one attached hydrogen (secondary N) is 1. The lowest BCUT2D eigenvalue weighted by molar-refractivity contribution is 0.402. The normalized spacial score (nSPS) is 16.8. The molecule has 0 radical (unpaired) electrons. The Hall–Kier alpha value is -2.00. The maximum atomic E-state index is 9.86. The predicted octanol–water partition coefficient (Wildman–Crippen LogP) is 2.24. The molecule has 7 nitrogen and oxygen atoms in total. The van der Waals surface area contributed by atoms with Gasteiger partial charge in [-0.1, -0.05) is 23.7 Å². The van der Waals surface area contributed by atoms with E-state index < -0.39 is 10.1 Å². The quantitative estimate of drug-likeness (QED) is 0.366. The number of aromatic hydroxyl groups is 3. The molecule has 0 bridgehead atoms. The maximum Gasteiger partial charge on any atom is 0.261 e. The van der Waals surface area contributed by atoms with Crippen molar-refractivity contribution in [1.82, 2.24) is 5.32 Å². The van der Waals surface area contributed by atoms with Gasteiger partial charge in [0.2, 0.25) is 0 Å². The van der Waals surface area contributed by atoms with Crippen molar-refractivity contribution in [2.45, 2.75) is 12.3 Å². The topological polar surface area (TPSA) is 127 Å². The van der Waals surface area contributed by atoms with Crippen molar-refractivity contribution in [3.63, 3.8) is 0 Å². The average Bonchev–Trinajstić information content (AvgIpc) is 2.75. The zero-order valence-electron chi connectivity index (χ0n) is 14.0. The third kappa shape index (κ3) is 5.25. The number of fused-ring (bicyclic) bond motifs is 1. The molecule has 2 aromatic rings. The van der Waals surface area contributed by atoms with E-state index in [0.717, 1.165) is 23.2 Å². The monoisotopic (exact) mass is 401 g/mol. The molecule has 0 fully saturated rings. The van der Waals surface area contributed by atoms with Crippen LogP contribution in [0.5, 0.6) is 17.2 Å². The summed E-state index contributed by atoms with van der Waals surface area (Å²) in [5.41, 5.74) is 2.78. The minimum Gasteiger partial charge on any atom is -0.508 e. The third-order valence-electron chi connectivity index (χ3n) is 3.93. The first kappa shape index (κ1) is 20.3. The molecule has 0 saturated heterocycles. The summed E-state index contributed by atoms with van der Waals surface area (Å²) in [6, 6.07) is 8.58. The highest BCUT2D eigenvalue weighted by Gasteiger charge is 2.25. The molecule has 9 heteroatoms. The predicted molar refractivity (Wildman–Crippen MR) is 98.8 cm³/mol. The summed E-state index contributed by atoms with van der Waals surface area (Å²) in [7, 11) is -3.67. The van der Waals surface area contributed by atoms with E-state index in [2.05, 4.69) is 5.32 Å². The summed E-state index contributed by atoms with van der Waals surface area (Å²) >= 11 is 6.19. The van der Waals surface area contributed by atoms with E-state index in [9.17, 15) is 23.7 Å². The molecule has 26 heavy (non-hydrogen) atoms. The fourth-order valence-corrected chi connectivity index (χ4v) is 3.12. The third-order valence-corrected chi connectivity index (χ3v) is 4.33. The van der Waals surface area contributed by atoms with Crippen LogP contribution >= 0.6 is 11.6 Å². The molecule has 5 N–H and O–H groups in total. The SMILES string of the molecule is CS(=O)(=O)O.Oc1ccc([C@H]2CNCCc3c2cc(O)c(O)c3Cl)cc1. The second-order valence-corrected chi connectivity index (χ2v) is 7.80. The lowest BCUT2D eigenvalue weighted by Crippen LogP contribution is -2.20. The van der Waals surface area contributed by atoms with Crippen LogP contribution in [0.3, 0.4) is 0 Å². The summed E-state index contributed by atoms with van der Waals surface area (Å²) in [4.78, 5) is 0. The van der Waals surface area contributed by atoms with E-state index in [0.29, 0.717) is 19.2 Å². The second kappa shape index (κ2) is 8.13. The average molecular weight is 402 g/mol. The van der Waals surface area contributed by atoms with Gasteiger partial charge in [-0.2, -0.15) is 8.42 Å². The fourth-order valence-electron chi connectivity index (χ4n) is 2.82. The number of halogens is 1. The van der Waals surface area contributed by atoms with Crippen molar-refractivity contribution < 1.29 is 28.3 Å². The Bertz CT molecular complexity index is 875. The molecular weight excluding hydrogens is 382 g/mol. The van der Waals surface area contributed by atoms with Gasteiger partial charge in [0.15, 0.2) is 11.5 Å². The molecule has 0 unspecified atom stereocenters. The van der Waals surface area contributed by atoms with Gasteiger partial charge in [-0.3, -0.25) is 4.55 Å². The van der Waals surface area contributed by atoms with Crippen LogP contribution in [0.2, 0.25) is 5.02 Å². The summed E-state index contributed by atoms with van der Waals surface area (Å²) in [6.45, 7) is 1.46. The van der Waals surface area contributed by atoms with Gasteiger partial charge in [-0.25, -0.2) is 0 Å². The smallest absolute Gasteiger partial charge is 0.261 e. The lowest BCUT2D eigenvalue weighted by Gasteiger charge is -2.20. The van der Waals surface area contributed by atoms with Crippen LogP contribution in [-0.2, 0) is 16.5 Å². The van der Waals surface area contributed by atoms with Gasteiger partial charge >= 0.3 is 0 Å². The number of rotatable bonds is 1.